The molecule has 6 heteroatoms. The van der Waals surface area contributed by atoms with E-state index in [4.69, 9.17) is 16.3 Å². The minimum atomic E-state index is -0.322. The maximum absolute atomic E-state index is 12.4. The Balaban J connectivity index is 1.62. The van der Waals surface area contributed by atoms with Crippen molar-refractivity contribution in [2.75, 3.05) is 0 Å². The predicted molar refractivity (Wildman–Crippen MR) is 104 cm³/mol. The van der Waals surface area contributed by atoms with Gasteiger partial charge in [-0.25, -0.2) is 9.48 Å². The summed E-state index contributed by atoms with van der Waals surface area (Å²) in [6.07, 6.45) is 0. The predicted octanol–water partition coefficient (Wildman–Crippen LogP) is 5.41. The van der Waals surface area contributed by atoms with E-state index in [0.717, 1.165) is 27.2 Å². The van der Waals surface area contributed by atoms with Crippen LogP contribution < -0.4 is 0 Å². The highest BCUT2D eigenvalue weighted by Crippen LogP contribution is 2.31. The van der Waals surface area contributed by atoms with Gasteiger partial charge in [0.2, 0.25) is 0 Å². The van der Waals surface area contributed by atoms with E-state index in [9.17, 15) is 4.79 Å². The zero-order valence-corrected chi connectivity index (χ0v) is 15.6. The van der Waals surface area contributed by atoms with Gasteiger partial charge in [0.15, 0.2) is 0 Å². The van der Waals surface area contributed by atoms with E-state index in [1.807, 2.05) is 72.3 Å². The summed E-state index contributed by atoms with van der Waals surface area (Å²) < 4.78 is 7.27. The fourth-order valence-corrected chi connectivity index (χ4v) is 3.90. The highest BCUT2D eigenvalue weighted by atomic mass is 35.5. The minimum absolute atomic E-state index is 0.260. The van der Waals surface area contributed by atoms with Crippen molar-refractivity contribution in [3.63, 3.8) is 0 Å². The minimum Gasteiger partial charge on any atom is -0.457 e. The molecule has 4 aromatic rings. The monoisotopic (exact) mass is 382 g/mol. The Bertz CT molecular complexity index is 1070. The van der Waals surface area contributed by atoms with Gasteiger partial charge in [-0.3, -0.25) is 0 Å². The zero-order chi connectivity index (χ0) is 18.1. The first-order valence-electron chi connectivity index (χ1n) is 8.08. The fourth-order valence-electron chi connectivity index (χ4n) is 2.70. The summed E-state index contributed by atoms with van der Waals surface area (Å²) >= 11 is 7.35. The molecule has 0 aliphatic carbocycles. The van der Waals surface area contributed by atoms with Gasteiger partial charge >= 0.3 is 5.97 Å². The number of rotatable bonds is 4. The van der Waals surface area contributed by atoms with E-state index in [0.29, 0.717) is 9.90 Å². The second-order valence-electron chi connectivity index (χ2n) is 5.86. The molecular weight excluding hydrogens is 368 g/mol. The number of fused-ring (bicyclic) bond motifs is 1. The average molecular weight is 383 g/mol. The number of thiophene rings is 1. The van der Waals surface area contributed by atoms with Gasteiger partial charge in [0.05, 0.1) is 11.4 Å². The van der Waals surface area contributed by atoms with Gasteiger partial charge < -0.3 is 4.74 Å². The van der Waals surface area contributed by atoms with E-state index >= 15 is 0 Å². The number of hydrogen-bond donors (Lipinski definition) is 0. The lowest BCUT2D eigenvalue weighted by molar-refractivity contribution is 0.0478. The normalized spacial score (nSPS) is 11.0. The molecule has 4 nitrogen and oxygen atoms in total. The van der Waals surface area contributed by atoms with Crippen molar-refractivity contribution in [3.05, 3.63) is 81.8 Å². The molecule has 0 saturated carbocycles. The molecule has 2 heterocycles. The third kappa shape index (κ3) is 3.23. The first-order valence-corrected chi connectivity index (χ1v) is 9.27. The van der Waals surface area contributed by atoms with Crippen LogP contribution >= 0.6 is 22.9 Å². The number of nitrogens with zero attached hydrogens (tertiary/aromatic N) is 2. The molecule has 0 aliphatic rings. The topological polar surface area (TPSA) is 44.1 Å². The number of carbonyl (C=O) groups is 1. The number of esters is 1. The molecule has 0 unspecified atom stereocenters. The van der Waals surface area contributed by atoms with E-state index in [1.165, 1.54) is 11.3 Å². The smallest absolute Gasteiger partial charge is 0.348 e. The second-order valence-corrected chi connectivity index (χ2v) is 7.33. The summed E-state index contributed by atoms with van der Waals surface area (Å²) in [4.78, 5) is 13.9. The van der Waals surface area contributed by atoms with Gasteiger partial charge in [-0.15, -0.1) is 11.3 Å². The summed E-state index contributed by atoms with van der Waals surface area (Å²) in [6.45, 7) is 2.19. The molecule has 4 rings (SSSR count). The van der Waals surface area contributed by atoms with Gasteiger partial charge in [-0.1, -0.05) is 41.9 Å². The Morgan fingerprint density at radius 1 is 1.15 bits per heavy atom. The van der Waals surface area contributed by atoms with Gasteiger partial charge in [0.1, 0.15) is 16.3 Å². The van der Waals surface area contributed by atoms with E-state index in [1.54, 1.807) is 0 Å². The van der Waals surface area contributed by atoms with Crippen molar-refractivity contribution in [3.8, 4) is 5.69 Å². The maximum atomic E-state index is 12.4. The number of carbonyl (C=O) groups excluding carboxylic acids is 1. The lowest BCUT2D eigenvalue weighted by Crippen LogP contribution is -2.03. The Hall–Kier alpha value is -2.63. The highest BCUT2D eigenvalue weighted by molar-refractivity contribution is 7.20. The number of aromatic nitrogens is 2. The van der Waals surface area contributed by atoms with E-state index in [2.05, 4.69) is 5.10 Å². The second kappa shape index (κ2) is 6.94. The first kappa shape index (κ1) is 16.8. The van der Waals surface area contributed by atoms with Crippen LogP contribution in [0.1, 0.15) is 20.9 Å². The van der Waals surface area contributed by atoms with Crippen molar-refractivity contribution in [2.24, 2.45) is 0 Å². The van der Waals surface area contributed by atoms with Crippen LogP contribution in [-0.4, -0.2) is 15.7 Å². The van der Waals surface area contributed by atoms with Crippen LogP contribution in [0.2, 0.25) is 5.02 Å². The lowest BCUT2D eigenvalue weighted by atomic mass is 10.2. The molecule has 2 aromatic carbocycles. The van der Waals surface area contributed by atoms with Crippen LogP contribution in [0.15, 0.2) is 60.7 Å². The zero-order valence-electron chi connectivity index (χ0n) is 14.0. The number of ether oxygens (including phenoxy) is 1. The first-order chi connectivity index (χ1) is 12.6. The van der Waals surface area contributed by atoms with Crippen molar-refractivity contribution >= 4 is 39.1 Å². The molecule has 0 fully saturated rings. The third-order valence-electron chi connectivity index (χ3n) is 4.03. The molecule has 0 spiro atoms. The standard InChI is InChI=1S/C20H15ClN2O2S/c1-13-17-11-18(20(24)25-12-14-5-3-2-4-6-14)26-19(17)23(22-13)16-9-7-15(21)8-10-16/h2-11H,12H2,1H3. The highest BCUT2D eigenvalue weighted by Gasteiger charge is 2.18. The van der Waals surface area contributed by atoms with Crippen LogP contribution in [0.25, 0.3) is 15.9 Å². The number of hydrogen-bond acceptors (Lipinski definition) is 4. The molecule has 0 aliphatic heterocycles. The molecule has 0 amide bonds. The van der Waals surface area contributed by atoms with Crippen LogP contribution in [-0.2, 0) is 11.3 Å². The Kier molecular flexibility index (Phi) is 4.49. The summed E-state index contributed by atoms with van der Waals surface area (Å²) in [6, 6.07) is 18.9. The molecule has 2 aromatic heterocycles. The molecule has 26 heavy (non-hydrogen) atoms. The van der Waals surface area contributed by atoms with Gasteiger partial charge in [-0.05, 0) is 42.8 Å². The molecular formula is C20H15ClN2O2S. The third-order valence-corrected chi connectivity index (χ3v) is 5.37. The van der Waals surface area contributed by atoms with Crippen LogP contribution in [0.3, 0.4) is 0 Å². The molecule has 0 atom stereocenters. The lowest BCUT2D eigenvalue weighted by Gasteiger charge is -2.03. The van der Waals surface area contributed by atoms with Crippen LogP contribution in [0, 0.1) is 6.92 Å². The number of benzene rings is 2. The Morgan fingerprint density at radius 3 is 2.62 bits per heavy atom. The van der Waals surface area contributed by atoms with Crippen LogP contribution in [0.4, 0.5) is 0 Å². The SMILES string of the molecule is Cc1nn(-c2ccc(Cl)cc2)c2sc(C(=O)OCc3ccccc3)cc12. The summed E-state index contributed by atoms with van der Waals surface area (Å²) in [7, 11) is 0. The van der Waals surface area contributed by atoms with Crippen molar-refractivity contribution < 1.29 is 9.53 Å². The van der Waals surface area contributed by atoms with Crippen molar-refractivity contribution in [1.29, 1.82) is 0 Å². The summed E-state index contributed by atoms with van der Waals surface area (Å²) in [5.41, 5.74) is 2.73. The maximum Gasteiger partial charge on any atom is 0.348 e. The quantitative estimate of drug-likeness (QED) is 0.443. The fraction of sp³-hybridized carbons (Fsp3) is 0.100. The molecule has 0 radical (unpaired) electrons. The summed E-state index contributed by atoms with van der Waals surface area (Å²) in [5.74, 6) is -0.322. The van der Waals surface area contributed by atoms with E-state index in [-0.39, 0.29) is 12.6 Å². The summed E-state index contributed by atoms with van der Waals surface area (Å²) in [5, 5.41) is 6.20. The van der Waals surface area contributed by atoms with E-state index < -0.39 is 0 Å². The molecule has 0 bridgehead atoms. The molecule has 0 N–H and O–H groups in total. The van der Waals surface area contributed by atoms with Gasteiger partial charge in [0.25, 0.3) is 0 Å². The van der Waals surface area contributed by atoms with Gasteiger partial charge in [0, 0.05) is 10.4 Å². The van der Waals surface area contributed by atoms with Gasteiger partial charge in [-0.2, -0.15) is 5.10 Å². The molecule has 0 saturated heterocycles. The molecule has 130 valence electrons. The number of halogens is 1. The number of aryl methyl sites for hydroxylation is 1. The average Bonchev–Trinajstić information content (AvgIpc) is 3.22. The van der Waals surface area contributed by atoms with Crippen molar-refractivity contribution in [1.82, 2.24) is 9.78 Å². The Labute approximate surface area is 159 Å². The van der Waals surface area contributed by atoms with Crippen LogP contribution in [0.5, 0.6) is 0 Å². The largest absolute Gasteiger partial charge is 0.457 e. The van der Waals surface area contributed by atoms with Crippen molar-refractivity contribution in [2.45, 2.75) is 13.5 Å². The Morgan fingerprint density at radius 2 is 1.88 bits per heavy atom.